The molecule has 2 aliphatic heterocycles. The predicted octanol–water partition coefficient (Wildman–Crippen LogP) is 10.5. The van der Waals surface area contributed by atoms with Gasteiger partial charge in [0.15, 0.2) is 5.96 Å². The smallest absolute Gasteiger partial charge is 0.188 e. The normalized spacial score (nSPS) is 44.9. The van der Waals surface area contributed by atoms with Crippen molar-refractivity contribution in [2.45, 2.75) is 165 Å². The summed E-state index contributed by atoms with van der Waals surface area (Å²) in [5.41, 5.74) is 10.6. The van der Waals surface area contributed by atoms with E-state index in [0.29, 0.717) is 71.9 Å². The molecule has 0 unspecified atom stereocenters. The van der Waals surface area contributed by atoms with Crippen molar-refractivity contribution >= 4 is 16.7 Å². The van der Waals surface area contributed by atoms with Gasteiger partial charge in [0.1, 0.15) is 0 Å². The first-order valence-corrected chi connectivity index (χ1v) is 25.2. The number of hydrogen-bond donors (Lipinski definition) is 4. The van der Waals surface area contributed by atoms with E-state index in [1.165, 1.54) is 74.5 Å². The van der Waals surface area contributed by atoms with E-state index in [1.807, 2.05) is 12.5 Å². The second-order valence-electron chi connectivity index (χ2n) is 23.1. The molecule has 6 aliphatic carbocycles. The van der Waals surface area contributed by atoms with Gasteiger partial charge in [-0.2, -0.15) is 0 Å². The largest absolute Gasteiger partial charge is 0.471 e. The molecule has 11 rings (SSSR count). The molecule has 1 spiro atoms. The zero-order valence-corrected chi connectivity index (χ0v) is 38.1. The highest BCUT2D eigenvalue weighted by Gasteiger charge is 2.67. The van der Waals surface area contributed by atoms with Crippen molar-refractivity contribution in [3.63, 3.8) is 0 Å². The number of ether oxygens (including phenoxy) is 1. The topological polar surface area (TPSA) is 117 Å². The number of benzene rings is 2. The Morgan fingerprint density at radius 2 is 1.67 bits per heavy atom. The molecule has 1 saturated heterocycles. The lowest BCUT2D eigenvalue weighted by Crippen LogP contribution is -2.51. The monoisotopic (exact) mass is 852 g/mol. The summed E-state index contributed by atoms with van der Waals surface area (Å²) in [5.74, 6) is 12.3. The average Bonchev–Trinajstić information content (AvgIpc) is 3.73. The number of nitrogens with two attached hydrogens (primary N) is 1. The molecule has 7 nitrogen and oxygen atoms in total. The van der Waals surface area contributed by atoms with Crippen molar-refractivity contribution in [3.05, 3.63) is 84.3 Å². The third-order valence-electron chi connectivity index (χ3n) is 19.6. The summed E-state index contributed by atoms with van der Waals surface area (Å²) in [7, 11) is 0. The number of furan rings is 1. The fourth-order valence-electron chi connectivity index (χ4n) is 16.2. The van der Waals surface area contributed by atoms with Crippen LogP contribution in [0.15, 0.2) is 82.6 Å². The molecule has 63 heavy (non-hydrogen) atoms. The van der Waals surface area contributed by atoms with Crippen molar-refractivity contribution in [2.75, 3.05) is 6.54 Å². The average molecular weight is 852 g/mol. The summed E-state index contributed by atoms with van der Waals surface area (Å²) in [6.45, 7) is 10.6. The van der Waals surface area contributed by atoms with Gasteiger partial charge in [0.05, 0.1) is 42.5 Å². The third kappa shape index (κ3) is 7.60. The molecule has 0 amide bonds. The molecule has 7 fully saturated rings. The molecule has 16 atom stereocenters. The quantitative estimate of drug-likeness (QED) is 0.112. The highest BCUT2D eigenvalue weighted by Crippen LogP contribution is 2.69. The van der Waals surface area contributed by atoms with Crippen LogP contribution in [0.1, 0.15) is 140 Å². The molecule has 3 aromatic rings. The number of nitrogens with zero attached hydrogens (tertiary/aromatic N) is 1. The fraction of sp³-hybridized carbons (Fsp3) is 0.661. The maximum Gasteiger partial charge on any atom is 0.188 e. The SMILES string of the molecule is C=C1C[C@@]2(CC[C@@H]([C@@H]3CC[C@H]4CC[C@H](O)C[C@]4(O)C3)C2)[C@@H]2O[C@]2(C)CC[C@@H]2[C@@H]1C[C@]2(C)[C@H]1CC[C@H]([C@H]2CC#C[C@H](Cc3ccccc3)[C@@H](c3cccc4cocc34)CN=C(N)N2)C1. The summed E-state index contributed by atoms with van der Waals surface area (Å²) in [5, 5.41) is 28.3. The highest BCUT2D eigenvalue weighted by atomic mass is 16.6. The Morgan fingerprint density at radius 3 is 2.54 bits per heavy atom. The molecule has 2 aromatic carbocycles. The molecule has 8 aliphatic rings. The summed E-state index contributed by atoms with van der Waals surface area (Å²) < 4.78 is 12.6. The van der Waals surface area contributed by atoms with E-state index in [0.717, 1.165) is 62.1 Å². The van der Waals surface area contributed by atoms with Crippen LogP contribution in [0.4, 0.5) is 0 Å². The van der Waals surface area contributed by atoms with Gasteiger partial charge >= 0.3 is 0 Å². The minimum Gasteiger partial charge on any atom is -0.471 e. The number of nitrogens with one attached hydrogen (secondary N) is 1. The molecular weight excluding hydrogens is 779 g/mol. The van der Waals surface area contributed by atoms with Gasteiger partial charge < -0.3 is 30.4 Å². The third-order valence-corrected chi connectivity index (χ3v) is 19.6. The van der Waals surface area contributed by atoms with Crippen LogP contribution in [0.3, 0.4) is 0 Å². The Kier molecular flexibility index (Phi) is 10.8. The van der Waals surface area contributed by atoms with E-state index in [-0.39, 0.29) is 35.0 Å². The number of aliphatic hydroxyl groups is 2. The van der Waals surface area contributed by atoms with E-state index in [4.69, 9.17) is 26.5 Å². The lowest BCUT2D eigenvalue weighted by atomic mass is 9.46. The van der Waals surface area contributed by atoms with Crippen molar-refractivity contribution in [1.82, 2.24) is 5.32 Å². The van der Waals surface area contributed by atoms with Gasteiger partial charge in [0, 0.05) is 46.9 Å². The lowest BCUT2D eigenvalue weighted by Gasteiger charge is -2.58. The van der Waals surface area contributed by atoms with Crippen molar-refractivity contribution in [3.8, 4) is 11.8 Å². The van der Waals surface area contributed by atoms with Gasteiger partial charge in [0.25, 0.3) is 0 Å². The molecule has 6 saturated carbocycles. The van der Waals surface area contributed by atoms with Crippen LogP contribution < -0.4 is 11.1 Å². The Balaban J connectivity index is 0.775. The van der Waals surface area contributed by atoms with E-state index in [2.05, 4.69) is 79.5 Å². The van der Waals surface area contributed by atoms with Crippen LogP contribution in [-0.2, 0) is 11.2 Å². The van der Waals surface area contributed by atoms with Gasteiger partial charge in [-0.05, 0) is 168 Å². The number of aliphatic hydroxyl groups excluding tert-OH is 1. The van der Waals surface area contributed by atoms with Crippen LogP contribution in [0.25, 0.3) is 10.8 Å². The first-order chi connectivity index (χ1) is 30.4. The number of allylic oxidation sites excluding steroid dienone is 1. The molecule has 3 heterocycles. The molecule has 336 valence electrons. The van der Waals surface area contributed by atoms with E-state index in [9.17, 15) is 10.2 Å². The van der Waals surface area contributed by atoms with Crippen molar-refractivity contribution in [2.24, 2.45) is 68.9 Å². The zero-order chi connectivity index (χ0) is 43.1. The molecule has 0 radical (unpaired) electrons. The van der Waals surface area contributed by atoms with Crippen molar-refractivity contribution < 1.29 is 19.4 Å². The number of epoxide rings is 1. The molecule has 0 bridgehead atoms. The van der Waals surface area contributed by atoms with Crippen LogP contribution in [0, 0.1) is 70.0 Å². The van der Waals surface area contributed by atoms with E-state index < -0.39 is 5.60 Å². The Bertz CT molecular complexity index is 2280. The minimum absolute atomic E-state index is 0.0277. The molecule has 5 N–H and O–H groups in total. The first kappa shape index (κ1) is 42.1. The minimum atomic E-state index is -0.671. The van der Waals surface area contributed by atoms with Crippen LogP contribution in [-0.4, -0.2) is 52.2 Å². The second-order valence-corrected chi connectivity index (χ2v) is 23.1. The predicted molar refractivity (Wildman–Crippen MR) is 251 cm³/mol. The maximum atomic E-state index is 11.8. The van der Waals surface area contributed by atoms with Crippen LogP contribution in [0.2, 0.25) is 0 Å². The van der Waals surface area contributed by atoms with Gasteiger partial charge in [0.2, 0.25) is 0 Å². The zero-order valence-electron chi connectivity index (χ0n) is 38.1. The Hall–Kier alpha value is -3.57. The summed E-state index contributed by atoms with van der Waals surface area (Å²) in [6.07, 6.45) is 23.1. The van der Waals surface area contributed by atoms with E-state index in [1.54, 1.807) is 0 Å². The highest BCUT2D eigenvalue weighted by molar-refractivity contribution is 5.85. The lowest BCUT2D eigenvalue weighted by molar-refractivity contribution is -0.127. The maximum absolute atomic E-state index is 11.8. The van der Waals surface area contributed by atoms with Gasteiger partial charge in [-0.15, -0.1) is 5.92 Å². The second kappa shape index (κ2) is 16.1. The fourth-order valence-corrected chi connectivity index (χ4v) is 16.2. The van der Waals surface area contributed by atoms with Gasteiger partial charge in [-0.25, -0.2) is 0 Å². The van der Waals surface area contributed by atoms with Crippen molar-refractivity contribution in [1.29, 1.82) is 0 Å². The number of rotatable bonds is 6. The number of fused-ring (bicyclic) bond motifs is 5. The van der Waals surface area contributed by atoms with Crippen LogP contribution >= 0.6 is 0 Å². The van der Waals surface area contributed by atoms with Gasteiger partial charge in [-0.3, -0.25) is 4.99 Å². The number of aliphatic imine (C=N–C) groups is 1. The van der Waals surface area contributed by atoms with Crippen LogP contribution in [0.5, 0.6) is 0 Å². The molecule has 7 heteroatoms. The Morgan fingerprint density at radius 1 is 0.857 bits per heavy atom. The molecule has 1 aromatic heterocycles. The molecular formula is C56H73N3O4. The Labute approximate surface area is 376 Å². The number of hydrogen-bond acceptors (Lipinski definition) is 7. The van der Waals surface area contributed by atoms with Gasteiger partial charge in [-0.1, -0.05) is 73.5 Å². The standard InChI is InChI=1S/C56H73N3O4/c1-35-27-55(24-21-40(28-55)39-16-17-42-19-20-44(60)30-56(42,61)29-39)51-54(3,63-51)23-22-49-46(35)31-53(49,2)43-18-15-38(26-43)50-14-8-11-37(25-36-9-5-4-6-10-36)47(32-58-52(57)59-50)45-13-7-12-41-33-62-34-48(41)45/h4-7,9-10,12-13,33-34,37-40,42-44,46-47,49-51,60-61H,1,14-32H2,2-3H3,(H3,57,58,59)/t37-,38+,39-,40-,42+,43+,44+,46-,47+,49-,50-,51-,53-,54-,55-,56-/m1/s1. The van der Waals surface area contributed by atoms with E-state index >= 15 is 0 Å². The summed E-state index contributed by atoms with van der Waals surface area (Å²) in [4.78, 5) is 5.08. The first-order valence-electron chi connectivity index (χ1n) is 25.2. The summed E-state index contributed by atoms with van der Waals surface area (Å²) >= 11 is 0. The number of guanidine groups is 1. The summed E-state index contributed by atoms with van der Waals surface area (Å²) in [6, 6.07) is 17.4.